The van der Waals surface area contributed by atoms with Crippen LogP contribution in [-0.2, 0) is 10.4 Å². The van der Waals surface area contributed by atoms with Crippen LogP contribution in [0.4, 0.5) is 5.69 Å². The Morgan fingerprint density at radius 1 is 1.27 bits per heavy atom. The maximum absolute atomic E-state index is 13.0. The fourth-order valence-electron chi connectivity index (χ4n) is 3.27. The Balaban J connectivity index is 1.99. The molecule has 1 atom stereocenters. The molecule has 0 unspecified atom stereocenters. The third kappa shape index (κ3) is 3.15. The minimum atomic E-state index is -1.87. The molecule has 5 nitrogen and oxygen atoms in total. The van der Waals surface area contributed by atoms with E-state index in [1.54, 1.807) is 41.3 Å². The number of aliphatic hydroxyl groups is 1. The quantitative estimate of drug-likeness (QED) is 0.727. The van der Waals surface area contributed by atoms with Crippen molar-refractivity contribution in [3.63, 3.8) is 0 Å². The van der Waals surface area contributed by atoms with Gasteiger partial charge < -0.3 is 14.7 Å². The molecule has 0 fully saturated rings. The van der Waals surface area contributed by atoms with E-state index in [9.17, 15) is 14.7 Å². The molecule has 1 aliphatic rings. The molecule has 26 heavy (non-hydrogen) atoms. The van der Waals surface area contributed by atoms with E-state index in [1.807, 2.05) is 13.0 Å². The van der Waals surface area contributed by atoms with Gasteiger partial charge in [-0.05, 0) is 36.8 Å². The zero-order chi connectivity index (χ0) is 18.9. The summed E-state index contributed by atoms with van der Waals surface area (Å²) < 4.78 is 5.89. The first kappa shape index (κ1) is 18.6. The van der Waals surface area contributed by atoms with Crippen molar-refractivity contribution in [1.82, 2.24) is 0 Å². The average molecular weight is 418 g/mol. The number of hydrogen-bond donors (Lipinski definition) is 1. The number of halogens is 1. The summed E-state index contributed by atoms with van der Waals surface area (Å²) in [4.78, 5) is 27.3. The standard InChI is InChI=1S/C20H20BrNO4/c1-3-9-22-17-8-7-14(21)11-16(17)20(25,19(22)24)12-18(23)13-5-4-6-15(10-13)26-2/h4-8,10-11,25H,3,9,12H2,1-2H3/t20-/m1/s1. The fraction of sp³-hybridized carbons (Fsp3) is 0.300. The van der Waals surface area contributed by atoms with Crippen LogP contribution in [0.3, 0.4) is 0 Å². The number of benzene rings is 2. The van der Waals surface area contributed by atoms with Crippen LogP contribution >= 0.6 is 15.9 Å². The third-order valence-electron chi connectivity index (χ3n) is 4.55. The summed E-state index contributed by atoms with van der Waals surface area (Å²) in [6.07, 6.45) is 0.434. The number of ketones is 1. The minimum absolute atomic E-state index is 0.316. The summed E-state index contributed by atoms with van der Waals surface area (Å²) in [5.41, 5.74) is -0.354. The molecule has 3 rings (SSSR count). The smallest absolute Gasteiger partial charge is 0.264 e. The largest absolute Gasteiger partial charge is 0.497 e. The van der Waals surface area contributed by atoms with Gasteiger partial charge in [-0.1, -0.05) is 35.0 Å². The van der Waals surface area contributed by atoms with Crippen molar-refractivity contribution in [2.24, 2.45) is 0 Å². The second kappa shape index (κ2) is 7.21. The zero-order valence-corrected chi connectivity index (χ0v) is 16.2. The molecule has 0 aromatic heterocycles. The lowest BCUT2D eigenvalue weighted by molar-refractivity contribution is -0.135. The third-order valence-corrected chi connectivity index (χ3v) is 5.04. The van der Waals surface area contributed by atoms with Crippen molar-refractivity contribution in [2.75, 3.05) is 18.6 Å². The molecule has 136 valence electrons. The molecule has 0 bridgehead atoms. The minimum Gasteiger partial charge on any atom is -0.497 e. The van der Waals surface area contributed by atoms with Crippen LogP contribution in [-0.4, -0.2) is 30.5 Å². The van der Waals surface area contributed by atoms with Crippen molar-refractivity contribution in [3.05, 3.63) is 58.1 Å². The number of nitrogens with zero attached hydrogens (tertiary/aromatic N) is 1. The first-order valence-electron chi connectivity index (χ1n) is 8.42. The van der Waals surface area contributed by atoms with E-state index in [-0.39, 0.29) is 12.2 Å². The van der Waals surface area contributed by atoms with Gasteiger partial charge >= 0.3 is 0 Å². The second-order valence-electron chi connectivity index (χ2n) is 6.31. The number of hydrogen-bond acceptors (Lipinski definition) is 4. The van der Waals surface area contributed by atoms with Crippen LogP contribution < -0.4 is 9.64 Å². The van der Waals surface area contributed by atoms with Crippen molar-refractivity contribution in [1.29, 1.82) is 0 Å². The fourth-order valence-corrected chi connectivity index (χ4v) is 3.63. The molecule has 0 aliphatic carbocycles. The molecule has 0 saturated carbocycles. The predicted octanol–water partition coefficient (Wildman–Crippen LogP) is 3.67. The molecular formula is C20H20BrNO4. The van der Waals surface area contributed by atoms with Crippen LogP contribution in [0.1, 0.15) is 35.7 Å². The molecular weight excluding hydrogens is 398 g/mol. The molecule has 2 aromatic carbocycles. The highest BCUT2D eigenvalue weighted by Gasteiger charge is 2.50. The molecule has 0 spiro atoms. The van der Waals surface area contributed by atoms with Gasteiger partial charge in [-0.2, -0.15) is 0 Å². The zero-order valence-electron chi connectivity index (χ0n) is 14.7. The molecule has 6 heteroatoms. The summed E-state index contributed by atoms with van der Waals surface area (Å²) >= 11 is 3.38. The molecule has 1 amide bonds. The van der Waals surface area contributed by atoms with E-state index in [1.165, 1.54) is 7.11 Å². The van der Waals surface area contributed by atoms with Gasteiger partial charge in [0.25, 0.3) is 5.91 Å². The van der Waals surface area contributed by atoms with Crippen LogP contribution in [0, 0.1) is 0 Å². The maximum atomic E-state index is 13.0. The van der Waals surface area contributed by atoms with Crippen LogP contribution in [0.15, 0.2) is 46.9 Å². The number of ether oxygens (including phenoxy) is 1. The highest BCUT2D eigenvalue weighted by molar-refractivity contribution is 9.10. The number of methoxy groups -OCH3 is 1. The van der Waals surface area contributed by atoms with Crippen LogP contribution in [0.5, 0.6) is 5.75 Å². The first-order valence-corrected chi connectivity index (χ1v) is 9.21. The van der Waals surface area contributed by atoms with E-state index in [4.69, 9.17) is 4.74 Å². The summed E-state index contributed by atoms with van der Waals surface area (Å²) in [6, 6.07) is 12.0. The number of fused-ring (bicyclic) bond motifs is 1. The van der Waals surface area contributed by atoms with Gasteiger partial charge in [-0.15, -0.1) is 0 Å². The number of Topliss-reactive ketones (excluding diaryl/α,β-unsaturated/α-hetero) is 1. The normalized spacial score (nSPS) is 18.8. The monoisotopic (exact) mass is 417 g/mol. The topological polar surface area (TPSA) is 66.8 Å². The first-order chi connectivity index (χ1) is 12.4. The Hall–Kier alpha value is -2.18. The SMILES string of the molecule is CCCN1C(=O)[C@@](O)(CC(=O)c2cccc(OC)c2)c2cc(Br)ccc21. The van der Waals surface area contributed by atoms with Crippen molar-refractivity contribution >= 4 is 33.3 Å². The summed E-state index contributed by atoms with van der Waals surface area (Å²) in [5.74, 6) is -0.218. The van der Waals surface area contributed by atoms with Crippen LogP contribution in [0.25, 0.3) is 0 Å². The second-order valence-corrected chi connectivity index (χ2v) is 7.23. The summed E-state index contributed by atoms with van der Waals surface area (Å²) in [7, 11) is 1.52. The highest BCUT2D eigenvalue weighted by Crippen LogP contribution is 2.44. The molecule has 0 radical (unpaired) electrons. The van der Waals surface area contributed by atoms with Gasteiger partial charge in [0.1, 0.15) is 5.75 Å². The molecule has 1 aliphatic heterocycles. The molecule has 0 saturated heterocycles. The van der Waals surface area contributed by atoms with E-state index in [0.29, 0.717) is 29.1 Å². The lowest BCUT2D eigenvalue weighted by Crippen LogP contribution is -2.42. The van der Waals surface area contributed by atoms with E-state index in [0.717, 1.165) is 10.9 Å². The molecule has 1 heterocycles. The number of rotatable bonds is 6. The Morgan fingerprint density at radius 2 is 2.04 bits per heavy atom. The summed E-state index contributed by atoms with van der Waals surface area (Å²) in [5, 5.41) is 11.2. The van der Waals surface area contributed by atoms with E-state index in [2.05, 4.69) is 15.9 Å². The van der Waals surface area contributed by atoms with E-state index < -0.39 is 11.5 Å². The van der Waals surface area contributed by atoms with Gasteiger partial charge in [0, 0.05) is 22.1 Å². The summed E-state index contributed by atoms with van der Waals surface area (Å²) in [6.45, 7) is 2.45. The number of carbonyl (C=O) groups excluding carboxylic acids is 2. The van der Waals surface area contributed by atoms with Gasteiger partial charge in [0.2, 0.25) is 0 Å². The predicted molar refractivity (Wildman–Crippen MR) is 103 cm³/mol. The Morgan fingerprint density at radius 3 is 2.73 bits per heavy atom. The Kier molecular flexibility index (Phi) is 5.16. The van der Waals surface area contributed by atoms with Gasteiger partial charge in [0.15, 0.2) is 11.4 Å². The number of carbonyl (C=O) groups is 2. The number of amides is 1. The van der Waals surface area contributed by atoms with Gasteiger partial charge in [-0.3, -0.25) is 9.59 Å². The maximum Gasteiger partial charge on any atom is 0.264 e. The lowest BCUT2D eigenvalue weighted by atomic mass is 9.88. The van der Waals surface area contributed by atoms with Crippen molar-refractivity contribution in [2.45, 2.75) is 25.4 Å². The van der Waals surface area contributed by atoms with Crippen LogP contribution in [0.2, 0.25) is 0 Å². The van der Waals surface area contributed by atoms with Crippen molar-refractivity contribution < 1.29 is 19.4 Å². The van der Waals surface area contributed by atoms with E-state index >= 15 is 0 Å². The van der Waals surface area contributed by atoms with Crippen molar-refractivity contribution in [3.8, 4) is 5.75 Å². The Bertz CT molecular complexity index is 867. The number of anilines is 1. The lowest BCUT2D eigenvalue weighted by Gasteiger charge is -2.22. The highest BCUT2D eigenvalue weighted by atomic mass is 79.9. The van der Waals surface area contributed by atoms with Gasteiger partial charge in [-0.25, -0.2) is 0 Å². The molecule has 1 N–H and O–H groups in total. The molecule has 2 aromatic rings. The average Bonchev–Trinajstić information content (AvgIpc) is 2.84. The Labute approximate surface area is 160 Å². The van der Waals surface area contributed by atoms with Gasteiger partial charge in [0.05, 0.1) is 19.2 Å².